The van der Waals surface area contributed by atoms with E-state index in [4.69, 9.17) is 15.6 Å². The van der Waals surface area contributed by atoms with Gasteiger partial charge in [0.2, 0.25) is 0 Å². The first-order chi connectivity index (χ1) is 10.8. The molecule has 2 aromatic heterocycles. The zero-order valence-electron chi connectivity index (χ0n) is 13.2. The molecule has 0 fully saturated rings. The second kappa shape index (κ2) is 8.96. The van der Waals surface area contributed by atoms with E-state index < -0.39 is 0 Å². The molecule has 0 aliphatic heterocycles. The van der Waals surface area contributed by atoms with Crippen LogP contribution in [0.25, 0.3) is 22.3 Å². The Morgan fingerprint density at radius 2 is 1.73 bits per heavy atom. The Hall–Kier alpha value is -2.18. The molecular weight excluding hydrogens is 298 g/mol. The van der Waals surface area contributed by atoms with Crippen LogP contribution in [0.2, 0.25) is 0 Å². The van der Waals surface area contributed by atoms with Crippen LogP contribution in [0.3, 0.4) is 0 Å². The number of hydrogen-bond donors (Lipinski definition) is 2. The van der Waals surface area contributed by atoms with Gasteiger partial charge in [0.25, 0.3) is 0 Å². The quantitative estimate of drug-likeness (QED) is 0.754. The van der Waals surface area contributed by atoms with E-state index in [0.29, 0.717) is 5.13 Å². The summed E-state index contributed by atoms with van der Waals surface area (Å²) in [5.41, 5.74) is 8.15. The van der Waals surface area contributed by atoms with E-state index >= 15 is 0 Å². The lowest BCUT2D eigenvalue weighted by Crippen LogP contribution is -1.88. The van der Waals surface area contributed by atoms with Gasteiger partial charge in [-0.25, -0.2) is 9.97 Å². The zero-order valence-corrected chi connectivity index (χ0v) is 14.0. The SMILES string of the molecule is CC.CO.COc1ccc2ccc(-c3csc(N)n3)nc2c1. The van der Waals surface area contributed by atoms with E-state index in [1.165, 1.54) is 11.3 Å². The molecule has 118 valence electrons. The lowest BCUT2D eigenvalue weighted by molar-refractivity contribution is 0.399. The number of benzene rings is 1. The molecule has 3 rings (SSSR count). The number of nitrogen functional groups attached to an aromatic ring is 1. The Kier molecular flexibility index (Phi) is 7.28. The third-order valence-corrected chi connectivity index (χ3v) is 3.36. The van der Waals surface area contributed by atoms with Crippen molar-refractivity contribution in [3.63, 3.8) is 0 Å². The summed E-state index contributed by atoms with van der Waals surface area (Å²) in [7, 11) is 2.64. The molecule has 0 saturated carbocycles. The molecule has 0 amide bonds. The number of aliphatic hydroxyl groups is 1. The van der Waals surface area contributed by atoms with Crippen molar-refractivity contribution in [1.82, 2.24) is 9.97 Å². The molecule has 0 atom stereocenters. The number of rotatable bonds is 2. The van der Waals surface area contributed by atoms with Gasteiger partial charge in [-0.3, -0.25) is 0 Å². The van der Waals surface area contributed by atoms with E-state index in [1.54, 1.807) is 7.11 Å². The Bertz CT molecular complexity index is 713. The zero-order chi connectivity index (χ0) is 16.5. The molecule has 0 bridgehead atoms. The fourth-order valence-electron chi connectivity index (χ4n) is 1.77. The Morgan fingerprint density at radius 3 is 2.32 bits per heavy atom. The van der Waals surface area contributed by atoms with Crippen LogP contribution in [0.1, 0.15) is 13.8 Å². The minimum absolute atomic E-state index is 0.553. The summed E-state index contributed by atoms with van der Waals surface area (Å²) in [6.07, 6.45) is 0. The average molecular weight is 319 g/mol. The van der Waals surface area contributed by atoms with Gasteiger partial charge in [-0.2, -0.15) is 0 Å². The smallest absolute Gasteiger partial charge is 0.180 e. The molecule has 3 aromatic rings. The molecule has 0 saturated heterocycles. The van der Waals surface area contributed by atoms with Gasteiger partial charge >= 0.3 is 0 Å². The van der Waals surface area contributed by atoms with Crippen molar-refractivity contribution in [2.75, 3.05) is 20.0 Å². The molecule has 0 unspecified atom stereocenters. The summed E-state index contributed by atoms with van der Waals surface area (Å²) in [6, 6.07) is 9.79. The molecule has 5 nitrogen and oxygen atoms in total. The third-order valence-electron chi connectivity index (χ3n) is 2.68. The highest BCUT2D eigenvalue weighted by atomic mass is 32.1. The largest absolute Gasteiger partial charge is 0.497 e. The number of hydrogen-bond acceptors (Lipinski definition) is 6. The number of aromatic nitrogens is 2. The minimum atomic E-state index is 0.553. The van der Waals surface area contributed by atoms with Crippen molar-refractivity contribution in [2.45, 2.75) is 13.8 Å². The van der Waals surface area contributed by atoms with Crippen molar-refractivity contribution in [1.29, 1.82) is 0 Å². The lowest BCUT2D eigenvalue weighted by atomic mass is 10.2. The molecule has 0 aliphatic carbocycles. The summed E-state index contributed by atoms with van der Waals surface area (Å²) in [5.74, 6) is 0.796. The van der Waals surface area contributed by atoms with E-state index in [2.05, 4.69) is 9.97 Å². The van der Waals surface area contributed by atoms with Gasteiger partial charge in [0.15, 0.2) is 5.13 Å². The number of pyridine rings is 1. The molecule has 0 aliphatic rings. The predicted molar refractivity (Wildman–Crippen MR) is 93.3 cm³/mol. The van der Waals surface area contributed by atoms with Crippen molar-refractivity contribution < 1.29 is 9.84 Å². The number of ether oxygens (including phenoxy) is 1. The molecule has 22 heavy (non-hydrogen) atoms. The van der Waals surface area contributed by atoms with E-state index in [-0.39, 0.29) is 0 Å². The van der Waals surface area contributed by atoms with Gasteiger partial charge in [-0.05, 0) is 18.2 Å². The number of nitrogens with zero attached hydrogens (tertiary/aromatic N) is 2. The molecule has 2 heterocycles. The van der Waals surface area contributed by atoms with Gasteiger partial charge < -0.3 is 15.6 Å². The maximum absolute atomic E-state index is 7.00. The standard InChI is InChI=1S/C13H11N3OS.C2H6.CH4O/c1-17-9-4-2-8-3-5-10(15-11(8)6-9)12-7-18-13(14)16-12;2*1-2/h2-7H,1H3,(H2,14,16);1-2H3;2H,1H3. The second-order valence-electron chi connectivity index (χ2n) is 3.83. The lowest BCUT2D eigenvalue weighted by Gasteiger charge is -2.03. The number of anilines is 1. The van der Waals surface area contributed by atoms with Crippen LogP contribution in [0, 0.1) is 0 Å². The van der Waals surface area contributed by atoms with Crippen molar-refractivity contribution in [2.24, 2.45) is 0 Å². The molecule has 1 aromatic carbocycles. The van der Waals surface area contributed by atoms with Gasteiger partial charge in [-0.1, -0.05) is 19.9 Å². The minimum Gasteiger partial charge on any atom is -0.497 e. The average Bonchev–Trinajstić information content (AvgIpc) is 3.04. The number of thiazole rings is 1. The normalized spacial score (nSPS) is 9.32. The Labute approximate surface area is 134 Å². The molecule has 3 N–H and O–H groups in total. The molecule has 0 spiro atoms. The molecular formula is C16H21N3O2S. The highest BCUT2D eigenvalue weighted by molar-refractivity contribution is 7.13. The number of aliphatic hydroxyl groups excluding tert-OH is 1. The molecule has 6 heteroatoms. The highest BCUT2D eigenvalue weighted by Crippen LogP contribution is 2.25. The van der Waals surface area contributed by atoms with Crippen LogP contribution in [0.5, 0.6) is 5.75 Å². The van der Waals surface area contributed by atoms with Gasteiger partial charge in [0, 0.05) is 23.9 Å². The van der Waals surface area contributed by atoms with Crippen LogP contribution in [0.4, 0.5) is 5.13 Å². The fourth-order valence-corrected chi connectivity index (χ4v) is 2.33. The summed E-state index contributed by atoms with van der Waals surface area (Å²) in [4.78, 5) is 8.81. The number of nitrogens with two attached hydrogens (primary N) is 1. The summed E-state index contributed by atoms with van der Waals surface area (Å²) < 4.78 is 5.20. The Morgan fingerprint density at radius 1 is 1.05 bits per heavy atom. The fraction of sp³-hybridized carbons (Fsp3) is 0.250. The summed E-state index contributed by atoms with van der Waals surface area (Å²) >= 11 is 1.41. The predicted octanol–water partition coefficient (Wildman–Crippen LogP) is 3.58. The van der Waals surface area contributed by atoms with Gasteiger partial charge in [0.05, 0.1) is 18.3 Å². The van der Waals surface area contributed by atoms with Crippen molar-refractivity contribution in [3.8, 4) is 17.1 Å². The van der Waals surface area contributed by atoms with Crippen LogP contribution in [0.15, 0.2) is 35.7 Å². The van der Waals surface area contributed by atoms with E-state index in [1.807, 2.05) is 49.6 Å². The van der Waals surface area contributed by atoms with Crippen LogP contribution in [-0.4, -0.2) is 29.3 Å². The van der Waals surface area contributed by atoms with Gasteiger partial charge in [-0.15, -0.1) is 11.3 Å². The molecule has 0 radical (unpaired) electrons. The second-order valence-corrected chi connectivity index (χ2v) is 4.72. The monoisotopic (exact) mass is 319 g/mol. The van der Waals surface area contributed by atoms with Gasteiger partial charge in [0.1, 0.15) is 11.4 Å². The summed E-state index contributed by atoms with van der Waals surface area (Å²) in [5, 5.41) is 10.5. The van der Waals surface area contributed by atoms with Crippen LogP contribution >= 0.6 is 11.3 Å². The highest BCUT2D eigenvalue weighted by Gasteiger charge is 2.05. The third kappa shape index (κ3) is 4.16. The van der Waals surface area contributed by atoms with Crippen molar-refractivity contribution >= 4 is 27.4 Å². The topological polar surface area (TPSA) is 81.3 Å². The van der Waals surface area contributed by atoms with E-state index in [9.17, 15) is 0 Å². The first kappa shape index (κ1) is 17.9. The number of fused-ring (bicyclic) bond motifs is 1. The van der Waals surface area contributed by atoms with Crippen molar-refractivity contribution in [3.05, 3.63) is 35.7 Å². The van der Waals surface area contributed by atoms with E-state index in [0.717, 1.165) is 35.2 Å². The number of methoxy groups -OCH3 is 1. The van der Waals surface area contributed by atoms with Crippen LogP contribution in [-0.2, 0) is 0 Å². The summed E-state index contributed by atoms with van der Waals surface area (Å²) in [6.45, 7) is 4.00. The first-order valence-corrected chi connectivity index (χ1v) is 7.75. The Balaban J connectivity index is 0.000000561. The maximum Gasteiger partial charge on any atom is 0.180 e. The first-order valence-electron chi connectivity index (χ1n) is 6.87. The maximum atomic E-state index is 7.00. The van der Waals surface area contributed by atoms with Crippen LogP contribution < -0.4 is 10.5 Å².